The molecule has 0 fully saturated rings. The third kappa shape index (κ3) is 3.15. The van der Waals surface area contributed by atoms with Crippen LogP contribution in [0.25, 0.3) is 0 Å². The van der Waals surface area contributed by atoms with Crippen molar-refractivity contribution in [3.05, 3.63) is 40.7 Å². The smallest absolute Gasteiger partial charge is 0.251 e. The van der Waals surface area contributed by atoms with Crippen molar-refractivity contribution < 1.29 is 4.79 Å². The predicted molar refractivity (Wildman–Crippen MR) is 70.7 cm³/mol. The maximum absolute atomic E-state index is 12.1. The van der Waals surface area contributed by atoms with Crippen LogP contribution in [-0.2, 0) is 0 Å². The lowest BCUT2D eigenvalue weighted by Gasteiger charge is -2.11. The van der Waals surface area contributed by atoms with Gasteiger partial charge in [-0.15, -0.1) is 0 Å². The van der Waals surface area contributed by atoms with Crippen molar-refractivity contribution >= 4 is 5.91 Å². The molecule has 0 aliphatic rings. The molecule has 0 saturated heterocycles. The number of nitrogens with one attached hydrogen (secondary N) is 2. The van der Waals surface area contributed by atoms with Crippen LogP contribution in [0, 0.1) is 20.8 Å². The van der Waals surface area contributed by atoms with Gasteiger partial charge in [0.15, 0.2) is 5.82 Å². The minimum absolute atomic E-state index is 0.149. The van der Waals surface area contributed by atoms with Gasteiger partial charge in [-0.05, 0) is 39.8 Å². The molecule has 0 spiro atoms. The predicted octanol–water partition coefficient (Wildman–Crippen LogP) is 1.62. The van der Waals surface area contributed by atoms with E-state index in [-0.39, 0.29) is 11.9 Å². The van der Waals surface area contributed by atoms with Gasteiger partial charge in [-0.3, -0.25) is 14.9 Å². The Labute approximate surface area is 111 Å². The lowest BCUT2D eigenvalue weighted by Crippen LogP contribution is -2.27. The number of aromatic nitrogens is 4. The molecule has 0 saturated carbocycles. The summed E-state index contributed by atoms with van der Waals surface area (Å²) in [5, 5.41) is 9.66. The molecule has 0 radical (unpaired) electrons. The Morgan fingerprint density at radius 1 is 1.21 bits per heavy atom. The zero-order valence-electron chi connectivity index (χ0n) is 11.5. The van der Waals surface area contributed by atoms with Crippen molar-refractivity contribution in [2.45, 2.75) is 33.7 Å². The van der Waals surface area contributed by atoms with Crippen LogP contribution < -0.4 is 5.32 Å². The average Bonchev–Trinajstić information content (AvgIpc) is 2.74. The van der Waals surface area contributed by atoms with E-state index in [1.54, 1.807) is 12.1 Å². The van der Waals surface area contributed by atoms with Gasteiger partial charge >= 0.3 is 0 Å². The van der Waals surface area contributed by atoms with Crippen LogP contribution in [0.3, 0.4) is 0 Å². The van der Waals surface area contributed by atoms with Crippen LogP contribution >= 0.6 is 0 Å². The number of carbonyl (C=O) groups is 1. The first-order chi connectivity index (χ1) is 8.95. The Bertz CT molecular complexity index is 585. The fourth-order valence-electron chi connectivity index (χ4n) is 1.86. The van der Waals surface area contributed by atoms with E-state index in [4.69, 9.17) is 0 Å². The summed E-state index contributed by atoms with van der Waals surface area (Å²) in [4.78, 5) is 20.6. The molecule has 6 nitrogen and oxygen atoms in total. The maximum atomic E-state index is 12.1. The van der Waals surface area contributed by atoms with Gasteiger partial charge in [0.1, 0.15) is 5.82 Å². The first-order valence-corrected chi connectivity index (χ1v) is 6.11. The van der Waals surface area contributed by atoms with E-state index < -0.39 is 0 Å². The molecular formula is C13H17N5O. The van der Waals surface area contributed by atoms with Gasteiger partial charge in [0.2, 0.25) is 0 Å². The second-order valence-electron chi connectivity index (χ2n) is 4.61. The molecule has 2 N–H and O–H groups in total. The molecule has 19 heavy (non-hydrogen) atoms. The summed E-state index contributed by atoms with van der Waals surface area (Å²) < 4.78 is 0. The second kappa shape index (κ2) is 5.17. The van der Waals surface area contributed by atoms with Crippen LogP contribution in [0.15, 0.2) is 12.1 Å². The number of nitrogens with zero attached hydrogens (tertiary/aromatic N) is 3. The number of aryl methyl sites for hydroxylation is 3. The van der Waals surface area contributed by atoms with Crippen LogP contribution in [0.4, 0.5) is 0 Å². The Morgan fingerprint density at radius 2 is 1.84 bits per heavy atom. The highest BCUT2D eigenvalue weighted by atomic mass is 16.1. The number of carbonyl (C=O) groups excluding carboxylic acids is 1. The molecule has 0 bridgehead atoms. The van der Waals surface area contributed by atoms with E-state index in [9.17, 15) is 4.79 Å². The van der Waals surface area contributed by atoms with Crippen LogP contribution in [0.5, 0.6) is 0 Å². The fourth-order valence-corrected chi connectivity index (χ4v) is 1.86. The highest BCUT2D eigenvalue weighted by Gasteiger charge is 2.15. The fraction of sp³-hybridized carbons (Fsp3) is 0.385. The third-order valence-electron chi connectivity index (χ3n) is 2.69. The van der Waals surface area contributed by atoms with Gasteiger partial charge in [0.25, 0.3) is 5.91 Å². The number of H-pyrrole nitrogens is 1. The highest BCUT2D eigenvalue weighted by Crippen LogP contribution is 2.10. The molecular weight excluding hydrogens is 242 g/mol. The van der Waals surface area contributed by atoms with E-state index in [0.29, 0.717) is 11.4 Å². The summed E-state index contributed by atoms with van der Waals surface area (Å²) >= 11 is 0. The van der Waals surface area contributed by atoms with E-state index in [1.807, 2.05) is 27.7 Å². The quantitative estimate of drug-likeness (QED) is 0.877. The van der Waals surface area contributed by atoms with Crippen molar-refractivity contribution in [3.8, 4) is 0 Å². The number of aromatic amines is 1. The highest BCUT2D eigenvalue weighted by molar-refractivity contribution is 5.94. The Kier molecular flexibility index (Phi) is 3.59. The maximum Gasteiger partial charge on any atom is 0.251 e. The minimum Gasteiger partial charge on any atom is -0.342 e. The zero-order valence-corrected chi connectivity index (χ0v) is 11.5. The van der Waals surface area contributed by atoms with Crippen molar-refractivity contribution in [3.63, 3.8) is 0 Å². The topological polar surface area (TPSA) is 83.6 Å². The largest absolute Gasteiger partial charge is 0.342 e. The summed E-state index contributed by atoms with van der Waals surface area (Å²) in [6.45, 7) is 7.40. The summed E-state index contributed by atoms with van der Waals surface area (Å²) in [6, 6.07) is 3.28. The average molecular weight is 259 g/mol. The first-order valence-electron chi connectivity index (χ1n) is 6.11. The molecule has 2 aromatic rings. The molecule has 1 amide bonds. The van der Waals surface area contributed by atoms with Gasteiger partial charge in [0, 0.05) is 17.0 Å². The Balaban J connectivity index is 2.12. The summed E-state index contributed by atoms with van der Waals surface area (Å²) in [5.74, 6) is 1.16. The normalized spacial score (nSPS) is 12.2. The third-order valence-corrected chi connectivity index (χ3v) is 2.69. The van der Waals surface area contributed by atoms with Crippen molar-refractivity contribution in [2.75, 3.05) is 0 Å². The summed E-state index contributed by atoms with van der Waals surface area (Å²) in [7, 11) is 0. The molecule has 0 unspecified atom stereocenters. The van der Waals surface area contributed by atoms with E-state index in [0.717, 1.165) is 17.2 Å². The molecule has 2 aromatic heterocycles. The van der Waals surface area contributed by atoms with Crippen LogP contribution in [0.2, 0.25) is 0 Å². The van der Waals surface area contributed by atoms with Crippen molar-refractivity contribution in [1.29, 1.82) is 0 Å². The monoisotopic (exact) mass is 259 g/mol. The molecule has 2 heterocycles. The zero-order chi connectivity index (χ0) is 14.0. The van der Waals surface area contributed by atoms with Gasteiger partial charge < -0.3 is 5.32 Å². The van der Waals surface area contributed by atoms with Crippen LogP contribution in [-0.4, -0.2) is 26.1 Å². The van der Waals surface area contributed by atoms with Crippen LogP contribution in [0.1, 0.15) is 46.4 Å². The van der Waals surface area contributed by atoms with E-state index >= 15 is 0 Å². The standard InChI is InChI=1S/C13H17N5O/c1-7-5-11(6-8(2)14-7)13(19)15-9(3)12-16-10(4)17-18-12/h5-6,9H,1-4H3,(H,15,19)(H,16,17,18)/t9-/m1/s1. The van der Waals surface area contributed by atoms with Gasteiger partial charge in [-0.1, -0.05) is 0 Å². The second-order valence-corrected chi connectivity index (χ2v) is 4.61. The molecule has 6 heteroatoms. The molecule has 0 aromatic carbocycles. The molecule has 0 aliphatic heterocycles. The summed E-state index contributed by atoms with van der Waals surface area (Å²) in [6.07, 6.45) is 0. The summed E-state index contributed by atoms with van der Waals surface area (Å²) in [5.41, 5.74) is 2.25. The van der Waals surface area contributed by atoms with Gasteiger partial charge in [-0.2, -0.15) is 5.10 Å². The number of hydrogen-bond donors (Lipinski definition) is 2. The van der Waals surface area contributed by atoms with Crippen molar-refractivity contribution in [1.82, 2.24) is 25.5 Å². The SMILES string of the molecule is Cc1cc(C(=O)N[C@H](C)c2n[nH]c(C)n2)cc(C)n1. The molecule has 1 atom stereocenters. The van der Waals surface area contributed by atoms with E-state index in [1.165, 1.54) is 0 Å². The van der Waals surface area contributed by atoms with Gasteiger partial charge in [0.05, 0.1) is 6.04 Å². The first kappa shape index (κ1) is 13.2. The molecule has 0 aliphatic carbocycles. The minimum atomic E-state index is -0.244. The number of hydrogen-bond acceptors (Lipinski definition) is 4. The molecule has 2 rings (SSSR count). The molecule has 100 valence electrons. The lowest BCUT2D eigenvalue weighted by molar-refractivity contribution is 0.0938. The number of rotatable bonds is 3. The number of pyridine rings is 1. The van der Waals surface area contributed by atoms with Crippen molar-refractivity contribution in [2.24, 2.45) is 0 Å². The Hall–Kier alpha value is -2.24. The Morgan fingerprint density at radius 3 is 2.37 bits per heavy atom. The van der Waals surface area contributed by atoms with E-state index in [2.05, 4.69) is 25.5 Å². The number of amides is 1. The lowest BCUT2D eigenvalue weighted by atomic mass is 10.1. The van der Waals surface area contributed by atoms with Gasteiger partial charge in [-0.25, -0.2) is 4.98 Å².